The topological polar surface area (TPSA) is 58.6 Å². The molecule has 2 N–H and O–H groups in total. The fourth-order valence-corrected chi connectivity index (χ4v) is 2.41. The summed E-state index contributed by atoms with van der Waals surface area (Å²) in [5, 5.41) is 12.6. The van der Waals surface area contributed by atoms with Crippen LogP contribution in [0, 0.1) is 0 Å². The fourth-order valence-electron chi connectivity index (χ4n) is 2.22. The lowest BCUT2D eigenvalue weighted by molar-refractivity contribution is 0.0696. The third-order valence-electron chi connectivity index (χ3n) is 3.25. The van der Waals surface area contributed by atoms with Gasteiger partial charge in [-0.2, -0.15) is 0 Å². The lowest BCUT2D eigenvalue weighted by Crippen LogP contribution is -2.39. The van der Waals surface area contributed by atoms with Gasteiger partial charge in [0.2, 0.25) is 0 Å². The van der Waals surface area contributed by atoms with Crippen molar-refractivity contribution in [3.63, 3.8) is 0 Å². The second-order valence-electron chi connectivity index (χ2n) is 4.64. The largest absolute Gasteiger partial charge is 0.396 e. The Labute approximate surface area is 117 Å². The van der Waals surface area contributed by atoms with E-state index in [2.05, 4.69) is 5.32 Å². The van der Waals surface area contributed by atoms with E-state index in [1.807, 2.05) is 0 Å². The van der Waals surface area contributed by atoms with E-state index in [1.54, 1.807) is 18.2 Å². The van der Waals surface area contributed by atoms with Crippen molar-refractivity contribution in [1.29, 1.82) is 0 Å². The minimum atomic E-state index is -0.105. The molecule has 0 spiro atoms. The van der Waals surface area contributed by atoms with Crippen molar-refractivity contribution in [1.82, 2.24) is 5.32 Å². The van der Waals surface area contributed by atoms with E-state index in [1.165, 1.54) is 0 Å². The minimum Gasteiger partial charge on any atom is -0.396 e. The fraction of sp³-hybridized carbons (Fsp3) is 0.500. The average Bonchev–Trinajstić information content (AvgIpc) is 2.40. The molecule has 4 nitrogen and oxygen atoms in total. The average molecular weight is 284 g/mol. The second-order valence-corrected chi connectivity index (χ2v) is 5.07. The quantitative estimate of drug-likeness (QED) is 0.886. The van der Waals surface area contributed by atoms with Crippen LogP contribution >= 0.6 is 11.6 Å². The van der Waals surface area contributed by atoms with Crippen molar-refractivity contribution < 1.29 is 14.6 Å². The highest BCUT2D eigenvalue weighted by molar-refractivity contribution is 6.30. The first-order chi connectivity index (χ1) is 9.20. The standard InChI is InChI=1S/C14H18ClNO3/c15-11-1-2-13(10(9-11)3-6-17)14(18)16-12-4-7-19-8-5-12/h1-2,9,12,17H,3-8H2,(H,16,18). The van der Waals surface area contributed by atoms with E-state index < -0.39 is 0 Å². The number of amides is 1. The number of carbonyl (C=O) groups excluding carboxylic acids is 1. The highest BCUT2D eigenvalue weighted by Crippen LogP contribution is 2.17. The second kappa shape index (κ2) is 6.89. The van der Waals surface area contributed by atoms with E-state index in [4.69, 9.17) is 21.4 Å². The maximum Gasteiger partial charge on any atom is 0.251 e. The number of ether oxygens (including phenoxy) is 1. The molecule has 1 aromatic carbocycles. The SMILES string of the molecule is O=C(NC1CCOCC1)c1ccc(Cl)cc1CCO. The van der Waals surface area contributed by atoms with Gasteiger partial charge in [-0.3, -0.25) is 4.79 Å². The van der Waals surface area contributed by atoms with Gasteiger partial charge < -0.3 is 15.2 Å². The molecule has 1 aliphatic rings. The van der Waals surface area contributed by atoms with E-state index in [0.29, 0.717) is 30.2 Å². The van der Waals surface area contributed by atoms with Crippen LogP contribution in [0.2, 0.25) is 5.02 Å². The molecule has 2 rings (SSSR count). The van der Waals surface area contributed by atoms with Crippen LogP contribution in [-0.2, 0) is 11.2 Å². The Hall–Kier alpha value is -1.10. The van der Waals surface area contributed by atoms with Crippen molar-refractivity contribution in [2.75, 3.05) is 19.8 Å². The van der Waals surface area contributed by atoms with Crippen LogP contribution < -0.4 is 5.32 Å². The summed E-state index contributed by atoms with van der Waals surface area (Å²) in [5.74, 6) is -0.105. The number of aliphatic hydroxyl groups excluding tert-OH is 1. The number of rotatable bonds is 4. The van der Waals surface area contributed by atoms with Crippen LogP contribution in [0.15, 0.2) is 18.2 Å². The van der Waals surface area contributed by atoms with Gasteiger partial charge >= 0.3 is 0 Å². The summed E-state index contributed by atoms with van der Waals surface area (Å²) in [6.07, 6.45) is 2.11. The number of halogens is 1. The van der Waals surface area contributed by atoms with Gasteiger partial charge in [0, 0.05) is 36.4 Å². The highest BCUT2D eigenvalue weighted by atomic mass is 35.5. The molecular weight excluding hydrogens is 266 g/mol. The minimum absolute atomic E-state index is 0.00209. The molecule has 0 unspecified atom stereocenters. The number of carbonyl (C=O) groups is 1. The molecule has 0 radical (unpaired) electrons. The van der Waals surface area contributed by atoms with Gasteiger partial charge in [0.15, 0.2) is 0 Å². The molecule has 1 heterocycles. The first-order valence-electron chi connectivity index (χ1n) is 6.48. The first kappa shape index (κ1) is 14.3. The van der Waals surface area contributed by atoms with Crippen molar-refractivity contribution in [2.24, 2.45) is 0 Å². The van der Waals surface area contributed by atoms with Crippen LogP contribution in [-0.4, -0.2) is 36.9 Å². The predicted molar refractivity (Wildman–Crippen MR) is 73.5 cm³/mol. The molecule has 1 aliphatic heterocycles. The molecule has 1 aromatic rings. The molecule has 0 bridgehead atoms. The first-order valence-corrected chi connectivity index (χ1v) is 6.86. The Balaban J connectivity index is 2.08. The summed E-state index contributed by atoms with van der Waals surface area (Å²) >= 11 is 5.92. The molecule has 104 valence electrons. The summed E-state index contributed by atoms with van der Waals surface area (Å²) in [7, 11) is 0. The summed E-state index contributed by atoms with van der Waals surface area (Å²) in [6.45, 7) is 1.38. The zero-order valence-electron chi connectivity index (χ0n) is 10.7. The third kappa shape index (κ3) is 3.93. The molecule has 0 aromatic heterocycles. The number of benzene rings is 1. The van der Waals surface area contributed by atoms with Gasteiger partial charge in [-0.05, 0) is 43.0 Å². The molecule has 0 atom stereocenters. The van der Waals surface area contributed by atoms with Gasteiger partial charge in [-0.15, -0.1) is 0 Å². The van der Waals surface area contributed by atoms with Gasteiger partial charge in [-0.1, -0.05) is 11.6 Å². The lowest BCUT2D eigenvalue weighted by atomic mass is 10.0. The monoisotopic (exact) mass is 283 g/mol. The molecule has 1 amide bonds. The Bertz CT molecular complexity index is 444. The summed E-state index contributed by atoms with van der Waals surface area (Å²) in [4.78, 5) is 12.2. The summed E-state index contributed by atoms with van der Waals surface area (Å²) in [5.41, 5.74) is 1.37. The normalized spacial score (nSPS) is 16.3. The predicted octanol–water partition coefficient (Wildman–Crippen LogP) is 1.78. The molecule has 0 saturated carbocycles. The zero-order valence-corrected chi connectivity index (χ0v) is 11.4. The number of hydrogen-bond acceptors (Lipinski definition) is 3. The molecule has 5 heteroatoms. The maximum atomic E-state index is 12.2. The molecule has 0 aliphatic carbocycles. The highest BCUT2D eigenvalue weighted by Gasteiger charge is 2.18. The molecule has 19 heavy (non-hydrogen) atoms. The number of aliphatic hydroxyl groups is 1. The molecule has 1 fully saturated rings. The van der Waals surface area contributed by atoms with Crippen LogP contribution in [0.3, 0.4) is 0 Å². The lowest BCUT2D eigenvalue weighted by Gasteiger charge is -2.23. The summed E-state index contributed by atoms with van der Waals surface area (Å²) < 4.78 is 5.26. The van der Waals surface area contributed by atoms with Crippen LogP contribution in [0.4, 0.5) is 0 Å². The van der Waals surface area contributed by atoms with E-state index in [-0.39, 0.29) is 18.6 Å². The molecular formula is C14H18ClNO3. The Morgan fingerprint density at radius 2 is 2.16 bits per heavy atom. The zero-order chi connectivity index (χ0) is 13.7. The van der Waals surface area contributed by atoms with Crippen molar-refractivity contribution in [2.45, 2.75) is 25.3 Å². The number of nitrogens with one attached hydrogen (secondary N) is 1. The van der Waals surface area contributed by atoms with Crippen LogP contribution in [0.1, 0.15) is 28.8 Å². The van der Waals surface area contributed by atoms with Gasteiger partial charge in [0.05, 0.1) is 0 Å². The van der Waals surface area contributed by atoms with Crippen molar-refractivity contribution in [3.8, 4) is 0 Å². The Kier molecular flexibility index (Phi) is 5.19. The van der Waals surface area contributed by atoms with Gasteiger partial charge in [0.25, 0.3) is 5.91 Å². The van der Waals surface area contributed by atoms with Crippen molar-refractivity contribution in [3.05, 3.63) is 34.3 Å². The maximum absolute atomic E-state index is 12.2. The van der Waals surface area contributed by atoms with E-state index in [0.717, 1.165) is 18.4 Å². The van der Waals surface area contributed by atoms with Crippen molar-refractivity contribution >= 4 is 17.5 Å². The summed E-state index contributed by atoms with van der Waals surface area (Å²) in [6, 6.07) is 5.30. The Morgan fingerprint density at radius 1 is 1.42 bits per heavy atom. The van der Waals surface area contributed by atoms with E-state index in [9.17, 15) is 4.79 Å². The van der Waals surface area contributed by atoms with Gasteiger partial charge in [0.1, 0.15) is 0 Å². The van der Waals surface area contributed by atoms with Crippen LogP contribution in [0.5, 0.6) is 0 Å². The molecule has 1 saturated heterocycles. The smallest absolute Gasteiger partial charge is 0.251 e. The number of hydrogen-bond donors (Lipinski definition) is 2. The Morgan fingerprint density at radius 3 is 2.84 bits per heavy atom. The third-order valence-corrected chi connectivity index (χ3v) is 3.48. The van der Waals surface area contributed by atoms with Crippen LogP contribution in [0.25, 0.3) is 0 Å². The van der Waals surface area contributed by atoms with E-state index >= 15 is 0 Å². The van der Waals surface area contributed by atoms with Gasteiger partial charge in [-0.25, -0.2) is 0 Å².